The highest BCUT2D eigenvalue weighted by Gasteiger charge is 2.25. The third kappa shape index (κ3) is 4.83. The van der Waals surface area contributed by atoms with E-state index < -0.39 is 0 Å². The number of thioether (sulfide) groups is 1. The van der Waals surface area contributed by atoms with E-state index in [9.17, 15) is 9.59 Å². The number of rotatable bonds is 5. The van der Waals surface area contributed by atoms with Crippen molar-refractivity contribution in [2.24, 2.45) is 5.92 Å². The fraction of sp³-hybridized carbons (Fsp3) is 0.308. The van der Waals surface area contributed by atoms with Crippen LogP contribution in [0.15, 0.2) is 53.7 Å². The summed E-state index contributed by atoms with van der Waals surface area (Å²) < 4.78 is 0. The molecule has 2 fully saturated rings. The molecular weight excluding hydrogens is 446 g/mol. The number of benzene rings is 2. The number of piperazine rings is 1. The SMILES string of the molecule is CC(C)CN1CCN(c2cccc(-c3ncnc4ccc(C=C5SC(=O)NC5=O)cc34)c2)CC1. The van der Waals surface area contributed by atoms with Gasteiger partial charge in [-0.25, -0.2) is 9.97 Å². The molecule has 0 atom stereocenters. The summed E-state index contributed by atoms with van der Waals surface area (Å²) >= 11 is 0.917. The summed E-state index contributed by atoms with van der Waals surface area (Å²) in [5, 5.41) is 2.86. The average molecular weight is 474 g/mol. The van der Waals surface area contributed by atoms with Crippen molar-refractivity contribution < 1.29 is 9.59 Å². The minimum Gasteiger partial charge on any atom is -0.369 e. The zero-order valence-corrected chi connectivity index (χ0v) is 20.1. The molecule has 2 aliphatic heterocycles. The highest BCUT2D eigenvalue weighted by atomic mass is 32.2. The summed E-state index contributed by atoms with van der Waals surface area (Å²) in [4.78, 5) is 37.8. The topological polar surface area (TPSA) is 78.4 Å². The Morgan fingerprint density at radius 2 is 1.88 bits per heavy atom. The lowest BCUT2D eigenvalue weighted by atomic mass is 10.0. The van der Waals surface area contributed by atoms with Gasteiger partial charge in [0.15, 0.2) is 0 Å². The summed E-state index contributed by atoms with van der Waals surface area (Å²) in [6.45, 7) is 9.85. The van der Waals surface area contributed by atoms with Crippen LogP contribution in [-0.4, -0.2) is 58.7 Å². The minimum atomic E-state index is -0.360. The number of nitrogens with zero attached hydrogens (tertiary/aromatic N) is 4. The first-order chi connectivity index (χ1) is 16.5. The summed E-state index contributed by atoms with van der Waals surface area (Å²) in [5.74, 6) is 0.324. The molecule has 34 heavy (non-hydrogen) atoms. The van der Waals surface area contributed by atoms with Crippen molar-refractivity contribution in [2.75, 3.05) is 37.6 Å². The third-order valence-electron chi connectivity index (χ3n) is 6.08. The Bertz CT molecular complexity index is 1280. The zero-order chi connectivity index (χ0) is 23.7. The summed E-state index contributed by atoms with van der Waals surface area (Å²) in [6, 6.07) is 14.3. The summed E-state index contributed by atoms with van der Waals surface area (Å²) in [7, 11) is 0. The number of fused-ring (bicyclic) bond motifs is 1. The van der Waals surface area contributed by atoms with E-state index in [1.165, 1.54) is 5.69 Å². The maximum Gasteiger partial charge on any atom is 0.290 e. The molecule has 1 N–H and O–H groups in total. The van der Waals surface area contributed by atoms with Gasteiger partial charge in [-0.3, -0.25) is 19.8 Å². The Hall–Kier alpha value is -3.23. The van der Waals surface area contributed by atoms with Crippen molar-refractivity contribution in [1.29, 1.82) is 0 Å². The maximum absolute atomic E-state index is 11.9. The van der Waals surface area contributed by atoms with Crippen molar-refractivity contribution in [3.8, 4) is 11.3 Å². The molecule has 7 nitrogen and oxygen atoms in total. The molecule has 3 aromatic rings. The molecule has 0 saturated carbocycles. The van der Waals surface area contributed by atoms with Crippen LogP contribution >= 0.6 is 11.8 Å². The molecule has 5 rings (SSSR count). The quantitative estimate of drug-likeness (QED) is 0.550. The number of hydrogen-bond acceptors (Lipinski definition) is 7. The van der Waals surface area contributed by atoms with E-state index in [2.05, 4.69) is 63.2 Å². The van der Waals surface area contributed by atoms with Gasteiger partial charge in [-0.2, -0.15) is 0 Å². The Morgan fingerprint density at radius 3 is 2.62 bits per heavy atom. The lowest BCUT2D eigenvalue weighted by molar-refractivity contribution is -0.115. The van der Waals surface area contributed by atoms with Crippen LogP contribution in [0.1, 0.15) is 19.4 Å². The molecule has 2 aliphatic rings. The number of carbonyl (C=O) groups is 2. The van der Waals surface area contributed by atoms with Gasteiger partial charge in [0.05, 0.1) is 16.1 Å². The van der Waals surface area contributed by atoms with E-state index >= 15 is 0 Å². The largest absolute Gasteiger partial charge is 0.369 e. The molecule has 3 heterocycles. The van der Waals surface area contributed by atoms with Crippen LogP contribution in [0.4, 0.5) is 10.5 Å². The Balaban J connectivity index is 1.44. The number of hydrogen-bond donors (Lipinski definition) is 1. The van der Waals surface area contributed by atoms with Crippen LogP contribution in [0.5, 0.6) is 0 Å². The van der Waals surface area contributed by atoms with E-state index in [1.807, 2.05) is 18.2 Å². The second kappa shape index (κ2) is 9.56. The van der Waals surface area contributed by atoms with Crippen LogP contribution < -0.4 is 10.2 Å². The first kappa shape index (κ1) is 22.6. The molecule has 8 heteroatoms. The standard InChI is InChI=1S/C26H27N5O2S/c1-17(2)15-30-8-10-31(11-9-30)20-5-3-4-19(14-20)24-21-12-18(6-7-22(21)27-16-28-24)13-23-25(32)29-26(33)34-23/h3-7,12-14,16-17H,8-11,15H2,1-2H3,(H,29,32,33). The zero-order valence-electron chi connectivity index (χ0n) is 19.3. The minimum absolute atomic E-state index is 0.345. The smallest absolute Gasteiger partial charge is 0.290 e. The van der Waals surface area contributed by atoms with E-state index in [0.717, 1.165) is 72.2 Å². The third-order valence-corrected chi connectivity index (χ3v) is 6.89. The number of nitrogens with one attached hydrogen (secondary N) is 1. The predicted molar refractivity (Wildman–Crippen MR) is 138 cm³/mol. The normalized spacial score (nSPS) is 18.3. The van der Waals surface area contributed by atoms with Gasteiger partial charge >= 0.3 is 0 Å². The van der Waals surface area contributed by atoms with Crippen molar-refractivity contribution in [2.45, 2.75) is 13.8 Å². The first-order valence-electron chi connectivity index (χ1n) is 11.5. The predicted octanol–water partition coefficient (Wildman–Crippen LogP) is 4.40. The van der Waals surface area contributed by atoms with Crippen molar-refractivity contribution in [1.82, 2.24) is 20.2 Å². The second-order valence-corrected chi connectivity index (χ2v) is 10.1. The van der Waals surface area contributed by atoms with Gasteiger partial charge in [0, 0.05) is 49.4 Å². The van der Waals surface area contributed by atoms with Crippen LogP contribution in [0.2, 0.25) is 0 Å². The molecule has 0 aliphatic carbocycles. The van der Waals surface area contributed by atoms with E-state index in [-0.39, 0.29) is 11.1 Å². The number of anilines is 1. The second-order valence-electron chi connectivity index (χ2n) is 9.08. The van der Waals surface area contributed by atoms with Crippen LogP contribution in [0, 0.1) is 5.92 Å². The molecule has 2 aromatic carbocycles. The van der Waals surface area contributed by atoms with E-state index in [1.54, 1.807) is 12.4 Å². The fourth-order valence-electron chi connectivity index (χ4n) is 4.52. The Morgan fingerprint density at radius 1 is 1.06 bits per heavy atom. The Labute approximate surface area is 203 Å². The molecule has 2 saturated heterocycles. The number of aromatic nitrogens is 2. The highest BCUT2D eigenvalue weighted by Crippen LogP contribution is 2.31. The summed E-state index contributed by atoms with van der Waals surface area (Å²) in [5.41, 5.74) is 4.74. The average Bonchev–Trinajstić information content (AvgIpc) is 3.15. The number of carbonyl (C=O) groups excluding carboxylic acids is 2. The lowest BCUT2D eigenvalue weighted by Crippen LogP contribution is -2.47. The van der Waals surface area contributed by atoms with Gasteiger partial charge in [0.1, 0.15) is 6.33 Å². The van der Waals surface area contributed by atoms with E-state index in [0.29, 0.717) is 10.8 Å². The van der Waals surface area contributed by atoms with Gasteiger partial charge < -0.3 is 4.90 Å². The van der Waals surface area contributed by atoms with Crippen molar-refractivity contribution in [3.63, 3.8) is 0 Å². The van der Waals surface area contributed by atoms with Crippen LogP contribution in [0.3, 0.4) is 0 Å². The van der Waals surface area contributed by atoms with Gasteiger partial charge in [-0.1, -0.05) is 32.0 Å². The number of amides is 2. The lowest BCUT2D eigenvalue weighted by Gasteiger charge is -2.37. The van der Waals surface area contributed by atoms with Crippen LogP contribution in [0.25, 0.3) is 28.2 Å². The molecule has 0 spiro atoms. The van der Waals surface area contributed by atoms with Gasteiger partial charge in [-0.15, -0.1) is 0 Å². The molecule has 1 aromatic heterocycles. The molecule has 0 bridgehead atoms. The molecular formula is C26H27N5O2S. The van der Waals surface area contributed by atoms with Crippen LogP contribution in [-0.2, 0) is 4.79 Å². The van der Waals surface area contributed by atoms with Gasteiger partial charge in [0.2, 0.25) is 0 Å². The first-order valence-corrected chi connectivity index (χ1v) is 12.4. The van der Waals surface area contributed by atoms with Crippen molar-refractivity contribution in [3.05, 3.63) is 59.3 Å². The van der Waals surface area contributed by atoms with Gasteiger partial charge in [0.25, 0.3) is 11.1 Å². The monoisotopic (exact) mass is 473 g/mol. The number of imide groups is 1. The summed E-state index contributed by atoms with van der Waals surface area (Å²) in [6.07, 6.45) is 3.32. The van der Waals surface area contributed by atoms with Crippen molar-refractivity contribution >= 4 is 45.6 Å². The molecule has 0 radical (unpaired) electrons. The highest BCUT2D eigenvalue weighted by molar-refractivity contribution is 8.18. The molecule has 2 amide bonds. The molecule has 174 valence electrons. The fourth-order valence-corrected chi connectivity index (χ4v) is 5.20. The Kier molecular flexibility index (Phi) is 6.34. The molecule has 0 unspecified atom stereocenters. The van der Waals surface area contributed by atoms with E-state index in [4.69, 9.17) is 0 Å². The van der Waals surface area contributed by atoms with Gasteiger partial charge in [-0.05, 0) is 53.6 Å². The maximum atomic E-state index is 11.9.